The molecule has 0 saturated carbocycles. The molecule has 4 nitrogen and oxygen atoms in total. The highest BCUT2D eigenvalue weighted by Crippen LogP contribution is 2.30. The molecule has 18 heavy (non-hydrogen) atoms. The van der Waals surface area contributed by atoms with E-state index >= 15 is 0 Å². The molecular weight excluding hydrogens is 273 g/mol. The summed E-state index contributed by atoms with van der Waals surface area (Å²) in [4.78, 5) is 8.23. The summed E-state index contributed by atoms with van der Waals surface area (Å²) in [6.45, 7) is 3.53. The monoisotopic (exact) mass is 283 g/mol. The highest BCUT2D eigenvalue weighted by molar-refractivity contribution is 6.34. The number of nitrogens with two attached hydrogens (primary N) is 1. The van der Waals surface area contributed by atoms with Crippen molar-refractivity contribution in [2.75, 3.05) is 5.73 Å². The Kier molecular flexibility index (Phi) is 3.59. The topological polar surface area (TPSA) is 61.0 Å². The van der Waals surface area contributed by atoms with Crippen molar-refractivity contribution in [1.29, 1.82) is 0 Å². The summed E-state index contributed by atoms with van der Waals surface area (Å²) in [5, 5.41) is 0.989. The molecule has 0 aliphatic heterocycles. The van der Waals surface area contributed by atoms with E-state index in [9.17, 15) is 0 Å². The van der Waals surface area contributed by atoms with E-state index in [-0.39, 0.29) is 0 Å². The second-order valence-electron chi connectivity index (χ2n) is 3.79. The third-order valence-electron chi connectivity index (χ3n) is 2.30. The molecule has 0 unspecified atom stereocenters. The van der Waals surface area contributed by atoms with E-state index in [1.807, 2.05) is 0 Å². The van der Waals surface area contributed by atoms with Crippen LogP contribution in [-0.2, 0) is 0 Å². The fourth-order valence-electron chi connectivity index (χ4n) is 1.42. The van der Waals surface area contributed by atoms with Crippen molar-refractivity contribution in [2.24, 2.45) is 0 Å². The van der Waals surface area contributed by atoms with Crippen LogP contribution in [0, 0.1) is 13.8 Å². The lowest BCUT2D eigenvalue weighted by atomic mass is 10.3. The van der Waals surface area contributed by atoms with E-state index in [0.29, 0.717) is 38.9 Å². The number of hydrogen-bond donors (Lipinski definition) is 1. The largest absolute Gasteiger partial charge is 0.438 e. The molecule has 2 N–H and O–H groups in total. The molecule has 0 spiro atoms. The molecule has 1 aromatic carbocycles. The van der Waals surface area contributed by atoms with Gasteiger partial charge in [-0.25, -0.2) is 4.98 Å². The van der Waals surface area contributed by atoms with Gasteiger partial charge in [-0.3, -0.25) is 0 Å². The van der Waals surface area contributed by atoms with Crippen molar-refractivity contribution in [3.63, 3.8) is 0 Å². The maximum Gasteiger partial charge on any atom is 0.227 e. The van der Waals surface area contributed by atoms with Gasteiger partial charge in [-0.15, -0.1) is 0 Å². The first-order chi connectivity index (χ1) is 8.45. The third-order valence-corrected chi connectivity index (χ3v) is 2.74. The third kappa shape index (κ3) is 2.83. The van der Waals surface area contributed by atoms with Crippen molar-refractivity contribution < 1.29 is 4.74 Å². The quantitative estimate of drug-likeness (QED) is 0.911. The van der Waals surface area contributed by atoms with Gasteiger partial charge in [0.15, 0.2) is 0 Å². The minimum Gasteiger partial charge on any atom is -0.438 e. The lowest BCUT2D eigenvalue weighted by Gasteiger charge is -2.10. The molecule has 0 fully saturated rings. The number of ether oxygens (including phenoxy) is 1. The number of hydrogen-bond acceptors (Lipinski definition) is 4. The Morgan fingerprint density at radius 2 is 1.67 bits per heavy atom. The zero-order valence-electron chi connectivity index (χ0n) is 9.87. The zero-order chi connectivity index (χ0) is 13.3. The van der Waals surface area contributed by atoms with Gasteiger partial charge in [-0.05, 0) is 32.0 Å². The Balaban J connectivity index is 2.39. The smallest absolute Gasteiger partial charge is 0.227 e. The van der Waals surface area contributed by atoms with Crippen LogP contribution in [0.3, 0.4) is 0 Å². The average Bonchev–Trinajstić information content (AvgIpc) is 2.23. The number of nitrogen functional groups attached to an aromatic ring is 1. The van der Waals surface area contributed by atoms with Gasteiger partial charge in [0.2, 0.25) is 5.88 Å². The van der Waals surface area contributed by atoms with Gasteiger partial charge < -0.3 is 10.5 Å². The van der Waals surface area contributed by atoms with E-state index in [1.54, 1.807) is 32.0 Å². The minimum absolute atomic E-state index is 0.394. The summed E-state index contributed by atoms with van der Waals surface area (Å²) in [5.74, 6) is 1.85. The van der Waals surface area contributed by atoms with E-state index in [1.165, 1.54) is 0 Å². The van der Waals surface area contributed by atoms with Crippen LogP contribution in [0.2, 0.25) is 10.0 Å². The van der Waals surface area contributed by atoms with Crippen LogP contribution in [0.1, 0.15) is 11.4 Å². The standard InChI is InChI=1S/C12H11Cl2N3O/c1-6-11(15)16-7(2)17-12(6)18-10-4-8(13)3-9(14)5-10/h3-5H,1-2H3,(H2,15,16,17). The van der Waals surface area contributed by atoms with E-state index in [2.05, 4.69) is 9.97 Å². The second-order valence-corrected chi connectivity index (χ2v) is 4.67. The van der Waals surface area contributed by atoms with Crippen molar-refractivity contribution in [3.8, 4) is 11.6 Å². The lowest BCUT2D eigenvalue weighted by molar-refractivity contribution is 0.456. The first-order valence-corrected chi connectivity index (χ1v) is 5.96. The summed E-state index contributed by atoms with van der Waals surface area (Å²) in [6.07, 6.45) is 0. The highest BCUT2D eigenvalue weighted by atomic mass is 35.5. The average molecular weight is 284 g/mol. The normalized spacial score (nSPS) is 10.4. The maximum atomic E-state index is 5.90. The number of halogens is 2. The van der Waals surface area contributed by atoms with Crippen LogP contribution in [-0.4, -0.2) is 9.97 Å². The van der Waals surface area contributed by atoms with Gasteiger partial charge >= 0.3 is 0 Å². The molecule has 0 saturated heterocycles. The molecule has 94 valence electrons. The molecular formula is C12H11Cl2N3O. The van der Waals surface area contributed by atoms with Gasteiger partial charge in [0.25, 0.3) is 0 Å². The van der Waals surface area contributed by atoms with Crippen molar-refractivity contribution in [3.05, 3.63) is 39.6 Å². The van der Waals surface area contributed by atoms with Crippen LogP contribution in [0.15, 0.2) is 18.2 Å². The summed E-state index contributed by atoms with van der Waals surface area (Å²) >= 11 is 11.8. The molecule has 0 aliphatic carbocycles. The predicted molar refractivity (Wildman–Crippen MR) is 72.5 cm³/mol. The van der Waals surface area contributed by atoms with Crippen LogP contribution < -0.4 is 10.5 Å². The van der Waals surface area contributed by atoms with Gasteiger partial charge in [0.1, 0.15) is 17.4 Å². The van der Waals surface area contributed by atoms with E-state index < -0.39 is 0 Å². The number of aromatic nitrogens is 2. The molecule has 0 bridgehead atoms. The van der Waals surface area contributed by atoms with Crippen LogP contribution in [0.4, 0.5) is 5.82 Å². The van der Waals surface area contributed by atoms with Crippen molar-refractivity contribution in [1.82, 2.24) is 9.97 Å². The molecule has 0 amide bonds. The van der Waals surface area contributed by atoms with Crippen molar-refractivity contribution >= 4 is 29.0 Å². The second kappa shape index (κ2) is 5.00. The summed E-state index contributed by atoms with van der Waals surface area (Å²) in [6, 6.07) is 4.93. The summed E-state index contributed by atoms with van der Waals surface area (Å²) in [5.41, 5.74) is 6.43. The first-order valence-electron chi connectivity index (χ1n) is 5.20. The highest BCUT2D eigenvalue weighted by Gasteiger charge is 2.09. The number of aryl methyl sites for hydroxylation is 1. The van der Waals surface area contributed by atoms with E-state index in [0.717, 1.165) is 0 Å². The van der Waals surface area contributed by atoms with Crippen LogP contribution >= 0.6 is 23.2 Å². The molecule has 0 radical (unpaired) electrons. The number of benzene rings is 1. The number of nitrogens with zero attached hydrogens (tertiary/aromatic N) is 2. The molecule has 0 atom stereocenters. The fraction of sp³-hybridized carbons (Fsp3) is 0.167. The van der Waals surface area contributed by atoms with Gasteiger partial charge in [-0.1, -0.05) is 23.2 Å². The Bertz CT molecular complexity index is 582. The van der Waals surface area contributed by atoms with Crippen molar-refractivity contribution in [2.45, 2.75) is 13.8 Å². The summed E-state index contributed by atoms with van der Waals surface area (Å²) in [7, 11) is 0. The summed E-state index contributed by atoms with van der Waals surface area (Å²) < 4.78 is 5.63. The Morgan fingerprint density at radius 1 is 1.06 bits per heavy atom. The molecule has 1 aromatic heterocycles. The molecule has 2 aromatic rings. The Labute approximate surface area is 115 Å². The van der Waals surface area contributed by atoms with Gasteiger partial charge in [0, 0.05) is 10.0 Å². The fourth-order valence-corrected chi connectivity index (χ4v) is 1.93. The molecule has 6 heteroatoms. The zero-order valence-corrected chi connectivity index (χ0v) is 11.4. The van der Waals surface area contributed by atoms with E-state index in [4.69, 9.17) is 33.7 Å². The van der Waals surface area contributed by atoms with Crippen LogP contribution in [0.5, 0.6) is 11.6 Å². The Hall–Kier alpha value is -1.52. The number of rotatable bonds is 2. The number of anilines is 1. The maximum absolute atomic E-state index is 5.90. The molecule has 2 rings (SSSR count). The molecule has 1 heterocycles. The van der Waals surface area contributed by atoms with Crippen LogP contribution in [0.25, 0.3) is 0 Å². The van der Waals surface area contributed by atoms with Gasteiger partial charge in [0.05, 0.1) is 5.56 Å². The first kappa shape index (κ1) is 12.9. The molecule has 0 aliphatic rings. The predicted octanol–water partition coefficient (Wildman–Crippen LogP) is 3.77. The lowest BCUT2D eigenvalue weighted by Crippen LogP contribution is -2.02. The Morgan fingerprint density at radius 3 is 2.28 bits per heavy atom. The SMILES string of the molecule is Cc1nc(N)c(C)c(Oc2cc(Cl)cc(Cl)c2)n1. The minimum atomic E-state index is 0.394. The van der Waals surface area contributed by atoms with Gasteiger partial charge in [-0.2, -0.15) is 4.98 Å².